The van der Waals surface area contributed by atoms with Gasteiger partial charge in [-0.1, -0.05) is 6.92 Å². The van der Waals surface area contributed by atoms with E-state index in [1.807, 2.05) is 32.7 Å². The number of nitrogens with one attached hydrogen (secondary N) is 1. The van der Waals surface area contributed by atoms with Crippen molar-refractivity contribution in [2.24, 2.45) is 0 Å². The predicted octanol–water partition coefficient (Wildman–Crippen LogP) is 2.38. The average Bonchev–Trinajstić information content (AvgIpc) is 2.66. The van der Waals surface area contributed by atoms with Crippen molar-refractivity contribution in [1.29, 1.82) is 0 Å². The van der Waals surface area contributed by atoms with Crippen LogP contribution >= 0.6 is 0 Å². The van der Waals surface area contributed by atoms with E-state index in [9.17, 15) is 4.79 Å². The van der Waals surface area contributed by atoms with Crippen molar-refractivity contribution in [3.63, 3.8) is 0 Å². The molecule has 0 bridgehead atoms. The number of rotatable bonds is 3. The van der Waals surface area contributed by atoms with E-state index in [0.29, 0.717) is 6.04 Å². The van der Waals surface area contributed by atoms with Gasteiger partial charge >= 0.3 is 6.09 Å². The van der Waals surface area contributed by atoms with Crippen LogP contribution in [-0.4, -0.2) is 42.3 Å². The zero-order valence-corrected chi connectivity index (χ0v) is 11.7. The topological polar surface area (TPSA) is 41.6 Å². The molecule has 1 aliphatic heterocycles. The molecule has 4 nitrogen and oxygen atoms in total. The molecule has 1 saturated heterocycles. The Morgan fingerprint density at radius 3 is 2.65 bits per heavy atom. The smallest absolute Gasteiger partial charge is 0.410 e. The Hall–Kier alpha value is -0.770. The number of hydrogen-bond acceptors (Lipinski definition) is 3. The van der Waals surface area contributed by atoms with Crippen LogP contribution < -0.4 is 5.32 Å². The largest absolute Gasteiger partial charge is 0.444 e. The highest BCUT2D eigenvalue weighted by molar-refractivity contribution is 5.69. The highest BCUT2D eigenvalue weighted by atomic mass is 16.6. The first-order valence-electron chi connectivity index (χ1n) is 6.56. The molecule has 0 saturated carbocycles. The van der Waals surface area contributed by atoms with E-state index in [1.54, 1.807) is 0 Å². The number of hydrogen-bond donors (Lipinski definition) is 1. The Balaban J connectivity index is 2.65. The van der Waals surface area contributed by atoms with Gasteiger partial charge in [0, 0.05) is 12.6 Å². The second-order valence-corrected chi connectivity index (χ2v) is 5.69. The van der Waals surface area contributed by atoms with Crippen molar-refractivity contribution in [3.05, 3.63) is 0 Å². The summed E-state index contributed by atoms with van der Waals surface area (Å²) >= 11 is 0. The number of nitrogens with zero attached hydrogens (tertiary/aromatic N) is 1. The van der Waals surface area contributed by atoms with Gasteiger partial charge in [-0.3, -0.25) is 0 Å². The molecule has 0 aromatic rings. The lowest BCUT2D eigenvalue weighted by molar-refractivity contribution is 0.0197. The molecule has 0 aliphatic carbocycles. The van der Waals surface area contributed by atoms with Gasteiger partial charge in [0.15, 0.2) is 0 Å². The minimum atomic E-state index is -0.411. The summed E-state index contributed by atoms with van der Waals surface area (Å²) < 4.78 is 5.45. The maximum atomic E-state index is 12.1. The summed E-state index contributed by atoms with van der Waals surface area (Å²) in [5.41, 5.74) is -0.411. The fraction of sp³-hybridized carbons (Fsp3) is 0.923. The Morgan fingerprint density at radius 1 is 1.53 bits per heavy atom. The van der Waals surface area contributed by atoms with Crippen LogP contribution in [0.4, 0.5) is 4.79 Å². The van der Waals surface area contributed by atoms with Crippen molar-refractivity contribution < 1.29 is 9.53 Å². The molecule has 0 radical (unpaired) electrons. The van der Waals surface area contributed by atoms with Crippen LogP contribution in [0.25, 0.3) is 0 Å². The second kappa shape index (κ2) is 5.71. The first kappa shape index (κ1) is 14.3. The molecule has 0 aromatic heterocycles. The van der Waals surface area contributed by atoms with Crippen LogP contribution in [-0.2, 0) is 4.74 Å². The Morgan fingerprint density at radius 2 is 2.18 bits per heavy atom. The van der Waals surface area contributed by atoms with E-state index in [2.05, 4.69) is 12.2 Å². The molecule has 4 heteroatoms. The minimum Gasteiger partial charge on any atom is -0.444 e. The SMILES string of the molecule is CC[C@H](NC)[C@@H]1CCCN1C(=O)OC(C)(C)C. The summed E-state index contributed by atoms with van der Waals surface area (Å²) in [6.07, 6.45) is 3.00. The van der Waals surface area contributed by atoms with Crippen LogP contribution in [0.2, 0.25) is 0 Å². The summed E-state index contributed by atoms with van der Waals surface area (Å²) in [7, 11) is 1.96. The summed E-state index contributed by atoms with van der Waals surface area (Å²) in [6, 6.07) is 0.643. The maximum absolute atomic E-state index is 12.1. The second-order valence-electron chi connectivity index (χ2n) is 5.69. The zero-order chi connectivity index (χ0) is 13.1. The van der Waals surface area contributed by atoms with Crippen LogP contribution in [0, 0.1) is 0 Å². The zero-order valence-electron chi connectivity index (χ0n) is 11.7. The fourth-order valence-corrected chi connectivity index (χ4v) is 2.43. The van der Waals surface area contributed by atoms with Crippen LogP contribution in [0.5, 0.6) is 0 Å². The third-order valence-corrected chi connectivity index (χ3v) is 3.20. The number of likely N-dealkylation sites (tertiary alicyclic amines) is 1. The number of amides is 1. The van der Waals surface area contributed by atoms with Gasteiger partial charge in [-0.25, -0.2) is 4.79 Å². The lowest BCUT2D eigenvalue weighted by Crippen LogP contribution is -2.49. The molecular formula is C13H26N2O2. The predicted molar refractivity (Wildman–Crippen MR) is 69.1 cm³/mol. The standard InChI is InChI=1S/C13H26N2O2/c1-6-10(14-5)11-8-7-9-15(11)12(16)17-13(2,3)4/h10-11,14H,6-9H2,1-5H3/t10-,11-/m0/s1. The Kier molecular flexibility index (Phi) is 4.80. The lowest BCUT2D eigenvalue weighted by atomic mass is 10.0. The highest BCUT2D eigenvalue weighted by Crippen LogP contribution is 2.24. The van der Waals surface area contributed by atoms with E-state index >= 15 is 0 Å². The van der Waals surface area contributed by atoms with Gasteiger partial charge in [-0.05, 0) is 47.1 Å². The quantitative estimate of drug-likeness (QED) is 0.826. The summed E-state index contributed by atoms with van der Waals surface area (Å²) in [4.78, 5) is 14.0. The number of likely N-dealkylation sites (N-methyl/N-ethyl adjacent to an activating group) is 1. The van der Waals surface area contributed by atoms with E-state index in [1.165, 1.54) is 0 Å². The number of carbonyl (C=O) groups is 1. The van der Waals surface area contributed by atoms with Gasteiger partial charge < -0.3 is 15.0 Å². The van der Waals surface area contributed by atoms with Crippen LogP contribution in [0.3, 0.4) is 0 Å². The minimum absolute atomic E-state index is 0.172. The summed E-state index contributed by atoms with van der Waals surface area (Å²) in [6.45, 7) is 8.69. The summed E-state index contributed by atoms with van der Waals surface area (Å²) in [5.74, 6) is 0. The molecule has 1 fully saturated rings. The molecule has 1 aliphatic rings. The molecule has 1 N–H and O–H groups in total. The average molecular weight is 242 g/mol. The molecule has 0 aromatic carbocycles. The molecule has 2 atom stereocenters. The molecule has 17 heavy (non-hydrogen) atoms. The van der Waals surface area contributed by atoms with Gasteiger partial charge in [0.1, 0.15) is 5.60 Å². The van der Waals surface area contributed by atoms with Crippen molar-refractivity contribution in [3.8, 4) is 0 Å². The first-order chi connectivity index (χ1) is 7.89. The van der Waals surface area contributed by atoms with Crippen molar-refractivity contribution >= 4 is 6.09 Å². The lowest BCUT2D eigenvalue weighted by Gasteiger charge is -2.32. The first-order valence-corrected chi connectivity index (χ1v) is 6.56. The molecule has 1 rings (SSSR count). The van der Waals surface area contributed by atoms with Crippen LogP contribution in [0.1, 0.15) is 47.0 Å². The molecule has 1 amide bonds. The monoisotopic (exact) mass is 242 g/mol. The molecule has 1 heterocycles. The highest BCUT2D eigenvalue weighted by Gasteiger charge is 2.35. The Labute approximate surface area is 105 Å². The fourth-order valence-electron chi connectivity index (χ4n) is 2.43. The molecule has 0 spiro atoms. The van der Waals surface area contributed by atoms with Gasteiger partial charge in [-0.15, -0.1) is 0 Å². The Bertz CT molecular complexity index is 257. The van der Waals surface area contributed by atoms with Gasteiger partial charge in [0.2, 0.25) is 0 Å². The molecule has 100 valence electrons. The van der Waals surface area contributed by atoms with Crippen molar-refractivity contribution in [1.82, 2.24) is 10.2 Å². The van der Waals surface area contributed by atoms with Crippen LogP contribution in [0.15, 0.2) is 0 Å². The van der Waals surface area contributed by atoms with Crippen molar-refractivity contribution in [2.45, 2.75) is 64.6 Å². The van der Waals surface area contributed by atoms with Gasteiger partial charge in [0.25, 0.3) is 0 Å². The number of carbonyl (C=O) groups excluding carboxylic acids is 1. The van der Waals surface area contributed by atoms with E-state index in [-0.39, 0.29) is 12.1 Å². The van der Waals surface area contributed by atoms with E-state index in [0.717, 1.165) is 25.8 Å². The third-order valence-electron chi connectivity index (χ3n) is 3.20. The van der Waals surface area contributed by atoms with E-state index < -0.39 is 5.60 Å². The molecule has 0 unspecified atom stereocenters. The van der Waals surface area contributed by atoms with Gasteiger partial charge in [0.05, 0.1) is 6.04 Å². The summed E-state index contributed by atoms with van der Waals surface area (Å²) in [5, 5.41) is 3.29. The van der Waals surface area contributed by atoms with Crippen molar-refractivity contribution in [2.75, 3.05) is 13.6 Å². The third kappa shape index (κ3) is 3.87. The normalized spacial score (nSPS) is 22.6. The number of ether oxygens (including phenoxy) is 1. The maximum Gasteiger partial charge on any atom is 0.410 e. The molecular weight excluding hydrogens is 216 g/mol. The van der Waals surface area contributed by atoms with Gasteiger partial charge in [-0.2, -0.15) is 0 Å². The van der Waals surface area contributed by atoms with E-state index in [4.69, 9.17) is 4.74 Å².